The van der Waals surface area contributed by atoms with Crippen LogP contribution in [0.4, 0.5) is 13.2 Å². The molecule has 0 unspecified atom stereocenters. The number of rotatable bonds is 6. The van der Waals surface area contributed by atoms with Crippen molar-refractivity contribution in [1.29, 1.82) is 0 Å². The molecule has 4 nitrogen and oxygen atoms in total. The summed E-state index contributed by atoms with van der Waals surface area (Å²) in [5, 5.41) is 8.64. The Morgan fingerprint density at radius 1 is 0.865 bits per heavy atom. The number of nitrogens with one attached hydrogen (secondary N) is 2. The molecule has 2 N–H and O–H groups in total. The second-order valence-electron chi connectivity index (χ2n) is 9.33. The Labute approximate surface area is 214 Å². The van der Waals surface area contributed by atoms with E-state index >= 15 is 0 Å². The second-order valence-corrected chi connectivity index (χ2v) is 9.33. The molecule has 0 saturated carbocycles. The lowest BCUT2D eigenvalue weighted by Crippen LogP contribution is -2.42. The molecule has 190 valence electrons. The SMILES string of the molecule is O=C(NCc1cccc2cc(CN3CCNCC3)ccc12)c1ccc(-c2ccc(C(F)(F)F)cc2)cc1. The van der Waals surface area contributed by atoms with Gasteiger partial charge in [0.25, 0.3) is 5.91 Å². The Morgan fingerprint density at radius 2 is 1.54 bits per heavy atom. The minimum absolute atomic E-state index is 0.202. The molecule has 1 fully saturated rings. The van der Waals surface area contributed by atoms with Gasteiger partial charge in [0.15, 0.2) is 0 Å². The molecule has 0 aromatic heterocycles. The zero-order valence-electron chi connectivity index (χ0n) is 20.3. The van der Waals surface area contributed by atoms with Crippen LogP contribution >= 0.6 is 0 Å². The maximum Gasteiger partial charge on any atom is 0.416 e. The molecule has 1 aliphatic heterocycles. The van der Waals surface area contributed by atoms with Crippen molar-refractivity contribution in [3.63, 3.8) is 0 Å². The first-order valence-corrected chi connectivity index (χ1v) is 12.4. The summed E-state index contributed by atoms with van der Waals surface area (Å²) in [6.07, 6.45) is -4.36. The Morgan fingerprint density at radius 3 is 2.22 bits per heavy atom. The van der Waals surface area contributed by atoms with Crippen LogP contribution in [0.25, 0.3) is 21.9 Å². The highest BCUT2D eigenvalue weighted by Gasteiger charge is 2.30. The summed E-state index contributed by atoms with van der Waals surface area (Å²) in [4.78, 5) is 15.2. The van der Waals surface area contributed by atoms with Crippen molar-refractivity contribution in [3.05, 3.63) is 107 Å². The maximum atomic E-state index is 12.8. The van der Waals surface area contributed by atoms with Crippen molar-refractivity contribution < 1.29 is 18.0 Å². The van der Waals surface area contributed by atoms with Crippen LogP contribution in [-0.2, 0) is 19.3 Å². The van der Waals surface area contributed by atoms with Gasteiger partial charge in [-0.25, -0.2) is 0 Å². The van der Waals surface area contributed by atoms with Gasteiger partial charge in [-0.1, -0.05) is 54.6 Å². The lowest BCUT2D eigenvalue weighted by molar-refractivity contribution is -0.137. The first-order valence-electron chi connectivity index (χ1n) is 12.4. The fourth-order valence-corrected chi connectivity index (χ4v) is 4.72. The van der Waals surface area contributed by atoms with E-state index in [0.717, 1.165) is 66.8 Å². The average molecular weight is 504 g/mol. The normalized spacial score (nSPS) is 14.6. The number of fused-ring (bicyclic) bond motifs is 1. The smallest absolute Gasteiger partial charge is 0.348 e. The minimum Gasteiger partial charge on any atom is -0.348 e. The monoisotopic (exact) mass is 503 g/mol. The van der Waals surface area contributed by atoms with Gasteiger partial charge >= 0.3 is 6.18 Å². The molecule has 0 bridgehead atoms. The van der Waals surface area contributed by atoms with Gasteiger partial charge < -0.3 is 10.6 Å². The lowest BCUT2D eigenvalue weighted by atomic mass is 10.0. The van der Waals surface area contributed by atoms with Crippen LogP contribution in [0.2, 0.25) is 0 Å². The van der Waals surface area contributed by atoms with Gasteiger partial charge in [0.2, 0.25) is 0 Å². The van der Waals surface area contributed by atoms with Gasteiger partial charge in [-0.2, -0.15) is 13.2 Å². The molecule has 7 heteroatoms. The molecular formula is C30H28F3N3O. The van der Waals surface area contributed by atoms with E-state index < -0.39 is 11.7 Å². The Bertz CT molecular complexity index is 1380. The van der Waals surface area contributed by atoms with Crippen molar-refractivity contribution in [3.8, 4) is 11.1 Å². The fourth-order valence-electron chi connectivity index (χ4n) is 4.72. The van der Waals surface area contributed by atoms with Crippen LogP contribution in [0.1, 0.15) is 27.0 Å². The first kappa shape index (κ1) is 25.0. The van der Waals surface area contributed by atoms with Crippen molar-refractivity contribution in [2.45, 2.75) is 19.3 Å². The van der Waals surface area contributed by atoms with Crippen molar-refractivity contribution in [1.82, 2.24) is 15.5 Å². The molecule has 37 heavy (non-hydrogen) atoms. The van der Waals surface area contributed by atoms with Crippen LogP contribution in [0.3, 0.4) is 0 Å². The summed E-state index contributed by atoms with van der Waals surface area (Å²) >= 11 is 0. The van der Waals surface area contributed by atoms with Crippen LogP contribution in [-0.4, -0.2) is 37.0 Å². The molecule has 4 aromatic carbocycles. The molecule has 5 rings (SSSR count). The lowest BCUT2D eigenvalue weighted by Gasteiger charge is -2.27. The van der Waals surface area contributed by atoms with Crippen LogP contribution in [0.15, 0.2) is 84.9 Å². The quantitative estimate of drug-likeness (QED) is 0.346. The maximum absolute atomic E-state index is 12.8. The number of nitrogens with zero attached hydrogens (tertiary/aromatic N) is 1. The van der Waals surface area contributed by atoms with Gasteiger partial charge in [-0.3, -0.25) is 9.69 Å². The summed E-state index contributed by atoms with van der Waals surface area (Å²) in [6, 6.07) is 24.5. The fraction of sp³-hybridized carbons (Fsp3) is 0.233. The van der Waals surface area contributed by atoms with E-state index in [1.54, 1.807) is 24.3 Å². The second kappa shape index (κ2) is 10.7. The van der Waals surface area contributed by atoms with Crippen LogP contribution in [0.5, 0.6) is 0 Å². The molecule has 1 saturated heterocycles. The number of piperazine rings is 1. The summed E-state index contributed by atoms with van der Waals surface area (Å²) in [5.41, 5.74) is 3.54. The summed E-state index contributed by atoms with van der Waals surface area (Å²) in [5.74, 6) is -0.202. The van der Waals surface area contributed by atoms with Crippen molar-refractivity contribution in [2.75, 3.05) is 26.2 Å². The van der Waals surface area contributed by atoms with Gasteiger partial charge in [0, 0.05) is 44.8 Å². The summed E-state index contributed by atoms with van der Waals surface area (Å²) in [6.45, 7) is 5.48. The standard InChI is InChI=1S/C30H28F3N3O/c31-30(32,33)27-11-9-23(10-12-27)22-5-7-24(8-6-22)29(37)35-19-26-3-1-2-25-18-21(4-13-28(25)26)20-36-16-14-34-15-17-36/h1-13,18,34H,14-17,19-20H2,(H,35,37). The van der Waals surface area contributed by atoms with Crippen molar-refractivity contribution in [2.24, 2.45) is 0 Å². The highest BCUT2D eigenvalue weighted by molar-refractivity contribution is 5.95. The number of alkyl halides is 3. The van der Waals surface area contributed by atoms with Crippen LogP contribution < -0.4 is 10.6 Å². The van der Waals surface area contributed by atoms with E-state index in [1.165, 1.54) is 17.7 Å². The number of hydrogen-bond donors (Lipinski definition) is 2. The number of benzene rings is 4. The van der Waals surface area contributed by atoms with E-state index in [0.29, 0.717) is 17.7 Å². The third-order valence-corrected chi connectivity index (χ3v) is 6.78. The topological polar surface area (TPSA) is 44.4 Å². The molecule has 0 spiro atoms. The molecule has 4 aromatic rings. The summed E-state index contributed by atoms with van der Waals surface area (Å²) < 4.78 is 38.4. The molecule has 0 aliphatic carbocycles. The minimum atomic E-state index is -4.36. The van der Waals surface area contributed by atoms with Gasteiger partial charge in [0.05, 0.1) is 5.56 Å². The number of hydrogen-bond acceptors (Lipinski definition) is 3. The van der Waals surface area contributed by atoms with Gasteiger partial charge in [-0.05, 0) is 63.4 Å². The number of carbonyl (C=O) groups excluding carboxylic acids is 1. The van der Waals surface area contributed by atoms with E-state index in [4.69, 9.17) is 0 Å². The highest BCUT2D eigenvalue weighted by Crippen LogP contribution is 2.31. The molecule has 1 aliphatic rings. The Balaban J connectivity index is 1.23. The van der Waals surface area contributed by atoms with E-state index in [-0.39, 0.29) is 5.91 Å². The molecule has 0 atom stereocenters. The molecular weight excluding hydrogens is 475 g/mol. The number of halogens is 3. The molecule has 1 heterocycles. The largest absolute Gasteiger partial charge is 0.416 e. The predicted molar refractivity (Wildman–Crippen MR) is 140 cm³/mol. The van der Waals surface area contributed by atoms with E-state index in [2.05, 4.69) is 39.8 Å². The van der Waals surface area contributed by atoms with E-state index in [1.807, 2.05) is 12.1 Å². The van der Waals surface area contributed by atoms with E-state index in [9.17, 15) is 18.0 Å². The van der Waals surface area contributed by atoms with Gasteiger partial charge in [0.1, 0.15) is 0 Å². The summed E-state index contributed by atoms with van der Waals surface area (Å²) in [7, 11) is 0. The molecule has 1 amide bonds. The first-order chi connectivity index (χ1) is 17.9. The van der Waals surface area contributed by atoms with Crippen molar-refractivity contribution >= 4 is 16.7 Å². The third kappa shape index (κ3) is 6.01. The van der Waals surface area contributed by atoms with Gasteiger partial charge in [-0.15, -0.1) is 0 Å². The predicted octanol–water partition coefficient (Wildman–Crippen LogP) is 5.86. The number of amides is 1. The highest BCUT2D eigenvalue weighted by atomic mass is 19.4. The average Bonchev–Trinajstić information content (AvgIpc) is 2.92. The third-order valence-electron chi connectivity index (χ3n) is 6.78. The molecule has 0 radical (unpaired) electrons. The zero-order valence-corrected chi connectivity index (χ0v) is 20.3. The Hall–Kier alpha value is -3.68. The van der Waals surface area contributed by atoms with Crippen LogP contribution in [0, 0.1) is 0 Å². The number of carbonyl (C=O) groups is 1. The zero-order chi connectivity index (χ0) is 25.8. The Kier molecular flexibility index (Phi) is 7.26.